The number of nitrogen functional groups attached to an aromatic ring is 1. The van der Waals surface area contributed by atoms with E-state index >= 15 is 0 Å². The van der Waals surface area contributed by atoms with Gasteiger partial charge in [0.25, 0.3) is 5.91 Å². The predicted molar refractivity (Wildman–Crippen MR) is 63.7 cm³/mol. The van der Waals surface area contributed by atoms with Crippen LogP contribution in [0.15, 0.2) is 45.8 Å². The van der Waals surface area contributed by atoms with E-state index in [-0.39, 0.29) is 16.9 Å². The van der Waals surface area contributed by atoms with Gasteiger partial charge in [0.15, 0.2) is 0 Å². The summed E-state index contributed by atoms with van der Waals surface area (Å²) in [5.41, 5.74) is 5.56. The number of rotatable bonds is 2. The number of carbonyl (C=O) groups excluding carboxylic acids is 1. The van der Waals surface area contributed by atoms with E-state index in [1.807, 2.05) is 0 Å². The SMILES string of the molecule is Nc1ccc(F)cc1NC(=O)c1ccc(=O)oc1. The number of nitrogens with two attached hydrogens (primary N) is 1. The number of carbonyl (C=O) groups is 1. The minimum atomic E-state index is -0.559. The normalized spacial score (nSPS) is 10.1. The van der Waals surface area contributed by atoms with E-state index in [2.05, 4.69) is 9.73 Å². The van der Waals surface area contributed by atoms with Gasteiger partial charge in [0.1, 0.15) is 12.1 Å². The van der Waals surface area contributed by atoms with Crippen molar-refractivity contribution in [1.29, 1.82) is 0 Å². The Labute approximate surface area is 101 Å². The van der Waals surface area contributed by atoms with Crippen LogP contribution in [0.25, 0.3) is 0 Å². The standard InChI is InChI=1S/C12H9FN2O3/c13-8-2-3-9(14)10(5-8)15-12(17)7-1-4-11(16)18-6-7/h1-6H,14H2,(H,15,17). The average Bonchev–Trinajstić information content (AvgIpc) is 2.34. The van der Waals surface area contributed by atoms with Gasteiger partial charge in [-0.1, -0.05) is 0 Å². The third-order valence-corrected chi connectivity index (χ3v) is 2.23. The lowest BCUT2D eigenvalue weighted by Crippen LogP contribution is -2.14. The van der Waals surface area contributed by atoms with Crippen molar-refractivity contribution in [3.63, 3.8) is 0 Å². The molecule has 2 aromatic rings. The molecule has 0 unspecified atom stereocenters. The van der Waals surface area contributed by atoms with Gasteiger partial charge in [0, 0.05) is 6.07 Å². The van der Waals surface area contributed by atoms with Crippen LogP contribution in [0.1, 0.15) is 10.4 Å². The van der Waals surface area contributed by atoms with Gasteiger partial charge in [-0.15, -0.1) is 0 Å². The Bertz CT molecular complexity index is 632. The first-order chi connectivity index (χ1) is 8.56. The summed E-state index contributed by atoms with van der Waals surface area (Å²) in [5.74, 6) is -1.06. The highest BCUT2D eigenvalue weighted by Gasteiger charge is 2.09. The summed E-state index contributed by atoms with van der Waals surface area (Å²) >= 11 is 0. The van der Waals surface area contributed by atoms with E-state index in [4.69, 9.17) is 5.73 Å². The van der Waals surface area contributed by atoms with Crippen LogP contribution in [0, 0.1) is 5.82 Å². The highest BCUT2D eigenvalue weighted by molar-refractivity contribution is 6.05. The van der Waals surface area contributed by atoms with E-state index in [0.29, 0.717) is 0 Å². The zero-order valence-corrected chi connectivity index (χ0v) is 9.14. The van der Waals surface area contributed by atoms with Crippen molar-refractivity contribution < 1.29 is 13.6 Å². The Morgan fingerprint density at radius 1 is 1.28 bits per heavy atom. The van der Waals surface area contributed by atoms with E-state index in [0.717, 1.165) is 18.4 Å². The Morgan fingerprint density at radius 2 is 2.06 bits per heavy atom. The number of halogens is 1. The third-order valence-electron chi connectivity index (χ3n) is 2.23. The molecule has 1 aromatic heterocycles. The second-order valence-electron chi connectivity index (χ2n) is 3.53. The number of hydrogen-bond acceptors (Lipinski definition) is 4. The molecule has 0 spiro atoms. The fraction of sp³-hybridized carbons (Fsp3) is 0. The van der Waals surface area contributed by atoms with E-state index in [1.165, 1.54) is 18.2 Å². The number of benzene rings is 1. The summed E-state index contributed by atoms with van der Waals surface area (Å²) in [6.45, 7) is 0. The van der Waals surface area contributed by atoms with Gasteiger partial charge in [-0.05, 0) is 24.3 Å². The molecule has 0 aliphatic rings. The van der Waals surface area contributed by atoms with E-state index in [1.54, 1.807) is 0 Å². The average molecular weight is 248 g/mol. The van der Waals surface area contributed by atoms with Crippen molar-refractivity contribution in [2.24, 2.45) is 0 Å². The summed E-state index contributed by atoms with van der Waals surface area (Å²) in [6.07, 6.45) is 1.02. The fourth-order valence-corrected chi connectivity index (χ4v) is 1.32. The zero-order chi connectivity index (χ0) is 13.1. The molecule has 0 bridgehead atoms. The Balaban J connectivity index is 2.23. The molecule has 2 rings (SSSR count). The maximum Gasteiger partial charge on any atom is 0.335 e. The molecule has 6 heteroatoms. The van der Waals surface area contributed by atoms with Crippen molar-refractivity contribution in [2.45, 2.75) is 0 Å². The number of anilines is 2. The Kier molecular flexibility index (Phi) is 3.09. The molecule has 0 aliphatic heterocycles. The van der Waals surface area contributed by atoms with Crippen molar-refractivity contribution in [3.05, 3.63) is 58.4 Å². The molecular formula is C12H9FN2O3. The first-order valence-corrected chi connectivity index (χ1v) is 5.01. The quantitative estimate of drug-likeness (QED) is 0.790. The number of hydrogen-bond donors (Lipinski definition) is 2. The topological polar surface area (TPSA) is 85.3 Å². The molecular weight excluding hydrogens is 239 g/mol. The van der Waals surface area contributed by atoms with Crippen molar-refractivity contribution in [1.82, 2.24) is 0 Å². The molecule has 0 aliphatic carbocycles. The van der Waals surface area contributed by atoms with Crippen molar-refractivity contribution in [3.8, 4) is 0 Å². The summed E-state index contributed by atoms with van der Waals surface area (Å²) < 4.78 is 17.5. The molecule has 0 fully saturated rings. The van der Waals surface area contributed by atoms with Gasteiger partial charge in [-0.25, -0.2) is 9.18 Å². The maximum atomic E-state index is 13.0. The van der Waals surface area contributed by atoms with Gasteiger partial charge in [-0.2, -0.15) is 0 Å². The molecule has 1 amide bonds. The lowest BCUT2D eigenvalue weighted by Gasteiger charge is -2.07. The van der Waals surface area contributed by atoms with Gasteiger partial charge in [0.2, 0.25) is 0 Å². The lowest BCUT2D eigenvalue weighted by atomic mass is 10.2. The van der Waals surface area contributed by atoms with Gasteiger partial charge >= 0.3 is 5.63 Å². The summed E-state index contributed by atoms with van der Waals surface area (Å²) in [4.78, 5) is 22.5. The van der Waals surface area contributed by atoms with Crippen molar-refractivity contribution >= 4 is 17.3 Å². The highest BCUT2D eigenvalue weighted by Crippen LogP contribution is 2.19. The zero-order valence-electron chi connectivity index (χ0n) is 9.14. The van der Waals surface area contributed by atoms with Crippen LogP contribution < -0.4 is 16.7 Å². The molecule has 0 saturated heterocycles. The minimum Gasteiger partial charge on any atom is -0.430 e. The Morgan fingerprint density at radius 3 is 2.72 bits per heavy atom. The molecule has 0 radical (unpaired) electrons. The van der Waals surface area contributed by atoms with Crippen LogP contribution >= 0.6 is 0 Å². The maximum absolute atomic E-state index is 13.0. The van der Waals surface area contributed by atoms with Crippen LogP contribution in [-0.4, -0.2) is 5.91 Å². The summed E-state index contributed by atoms with van der Waals surface area (Å²) in [5, 5.41) is 2.42. The van der Waals surface area contributed by atoms with E-state index in [9.17, 15) is 14.0 Å². The highest BCUT2D eigenvalue weighted by atomic mass is 19.1. The van der Waals surface area contributed by atoms with Gasteiger partial charge in [-0.3, -0.25) is 4.79 Å². The molecule has 5 nitrogen and oxygen atoms in total. The largest absolute Gasteiger partial charge is 0.430 e. The molecule has 0 saturated carbocycles. The van der Waals surface area contributed by atoms with Crippen LogP contribution in [0.5, 0.6) is 0 Å². The number of amides is 1. The van der Waals surface area contributed by atoms with Crippen LogP contribution in [0.2, 0.25) is 0 Å². The molecule has 92 valence electrons. The second kappa shape index (κ2) is 4.70. The molecule has 18 heavy (non-hydrogen) atoms. The van der Waals surface area contributed by atoms with Crippen molar-refractivity contribution in [2.75, 3.05) is 11.1 Å². The molecule has 0 atom stereocenters. The third kappa shape index (κ3) is 2.54. The minimum absolute atomic E-state index is 0.137. The number of nitrogens with one attached hydrogen (secondary N) is 1. The lowest BCUT2D eigenvalue weighted by molar-refractivity contribution is 0.102. The van der Waals surface area contributed by atoms with Crippen LogP contribution in [0.4, 0.5) is 15.8 Å². The monoisotopic (exact) mass is 248 g/mol. The smallest absolute Gasteiger partial charge is 0.335 e. The first kappa shape index (κ1) is 11.8. The van der Waals surface area contributed by atoms with Crippen LogP contribution in [0.3, 0.4) is 0 Å². The molecule has 1 aromatic carbocycles. The second-order valence-corrected chi connectivity index (χ2v) is 3.53. The first-order valence-electron chi connectivity index (χ1n) is 5.01. The summed E-state index contributed by atoms with van der Waals surface area (Å²) in [6, 6.07) is 6.05. The molecule has 1 heterocycles. The van der Waals surface area contributed by atoms with Crippen LogP contribution in [-0.2, 0) is 0 Å². The Hall–Kier alpha value is -2.63. The van der Waals surface area contributed by atoms with Gasteiger partial charge in [0.05, 0.1) is 16.9 Å². The molecule has 3 N–H and O–H groups in total. The fourth-order valence-electron chi connectivity index (χ4n) is 1.32. The van der Waals surface area contributed by atoms with E-state index < -0.39 is 17.3 Å². The summed E-state index contributed by atoms with van der Waals surface area (Å²) in [7, 11) is 0. The predicted octanol–water partition coefficient (Wildman–Crippen LogP) is 1.61. The van der Waals surface area contributed by atoms with Gasteiger partial charge < -0.3 is 15.5 Å².